The minimum atomic E-state index is -4.48. The van der Waals surface area contributed by atoms with Crippen LogP contribution in [0, 0.1) is 0 Å². The van der Waals surface area contributed by atoms with Gasteiger partial charge < -0.3 is 5.32 Å². The van der Waals surface area contributed by atoms with Crippen molar-refractivity contribution < 1.29 is 22.8 Å². The van der Waals surface area contributed by atoms with E-state index in [1.54, 1.807) is 30.3 Å². The van der Waals surface area contributed by atoms with E-state index in [1.165, 1.54) is 0 Å². The van der Waals surface area contributed by atoms with E-state index in [0.29, 0.717) is 5.56 Å². The number of nitrogens with zero attached hydrogens (tertiary/aromatic N) is 1. The number of alkyl halides is 3. The second-order valence-corrected chi connectivity index (χ2v) is 5.27. The molecule has 1 amide bonds. The van der Waals surface area contributed by atoms with Crippen molar-refractivity contribution in [3.8, 4) is 0 Å². The van der Waals surface area contributed by atoms with Crippen molar-refractivity contribution in [1.82, 2.24) is 10.4 Å². The van der Waals surface area contributed by atoms with Crippen LogP contribution in [0.5, 0.6) is 0 Å². The lowest BCUT2D eigenvalue weighted by Gasteiger charge is -2.30. The number of hydroxylamine groups is 2. The van der Waals surface area contributed by atoms with Crippen molar-refractivity contribution in [3.63, 3.8) is 0 Å². The Labute approximate surface area is 127 Å². The third-order valence-electron chi connectivity index (χ3n) is 3.43. The minimum absolute atomic E-state index is 0.0466. The van der Waals surface area contributed by atoms with Crippen molar-refractivity contribution in [1.29, 1.82) is 0 Å². The zero-order valence-electron chi connectivity index (χ0n) is 12.1. The summed E-state index contributed by atoms with van der Waals surface area (Å²) in [5.74, 6) is -0.558. The zero-order valence-corrected chi connectivity index (χ0v) is 12.1. The number of amides is 1. The number of hydrogen-bond acceptors (Lipinski definition) is 3. The predicted molar refractivity (Wildman–Crippen MR) is 75.1 cm³/mol. The van der Waals surface area contributed by atoms with Crippen LogP contribution in [-0.4, -0.2) is 42.9 Å². The number of rotatable bonds is 5. The van der Waals surface area contributed by atoms with Crippen LogP contribution in [0.4, 0.5) is 13.2 Å². The molecule has 1 saturated heterocycles. The lowest BCUT2D eigenvalue weighted by Crippen LogP contribution is -2.46. The number of carbonyl (C=O) groups is 1. The van der Waals surface area contributed by atoms with E-state index < -0.39 is 18.7 Å². The van der Waals surface area contributed by atoms with Crippen LogP contribution in [0.1, 0.15) is 29.6 Å². The summed E-state index contributed by atoms with van der Waals surface area (Å²) >= 11 is 0. The molecule has 22 heavy (non-hydrogen) atoms. The van der Waals surface area contributed by atoms with E-state index in [-0.39, 0.29) is 12.6 Å². The molecule has 1 aromatic rings. The highest BCUT2D eigenvalue weighted by atomic mass is 19.4. The van der Waals surface area contributed by atoms with Gasteiger partial charge in [0.2, 0.25) is 0 Å². The molecule has 1 aliphatic heterocycles. The molecule has 1 N–H and O–H groups in total. The third kappa shape index (κ3) is 5.31. The largest absolute Gasteiger partial charge is 0.414 e. The van der Waals surface area contributed by atoms with Crippen molar-refractivity contribution in [3.05, 3.63) is 35.9 Å². The van der Waals surface area contributed by atoms with Crippen molar-refractivity contribution >= 4 is 5.91 Å². The summed E-state index contributed by atoms with van der Waals surface area (Å²) in [6.45, 7) is -0.570. The van der Waals surface area contributed by atoms with Gasteiger partial charge in [-0.2, -0.15) is 13.2 Å². The minimum Gasteiger partial charge on any atom is -0.312 e. The molecule has 0 spiro atoms. The fraction of sp³-hybridized carbons (Fsp3) is 0.533. The van der Waals surface area contributed by atoms with Crippen molar-refractivity contribution in [2.45, 2.75) is 31.5 Å². The normalized spacial score (nSPS) is 19.0. The Hall–Kier alpha value is -1.60. The maximum absolute atomic E-state index is 12.4. The van der Waals surface area contributed by atoms with Crippen molar-refractivity contribution in [2.75, 3.05) is 19.7 Å². The first-order valence-electron chi connectivity index (χ1n) is 7.26. The molecule has 1 aromatic carbocycles. The smallest absolute Gasteiger partial charge is 0.312 e. The number of hydrogen-bond donors (Lipinski definition) is 1. The molecule has 4 nitrogen and oxygen atoms in total. The lowest BCUT2D eigenvalue weighted by molar-refractivity contribution is -0.235. The van der Waals surface area contributed by atoms with Crippen LogP contribution in [0.25, 0.3) is 0 Å². The standard InChI is InChI=1S/C15H19F3N2O2/c16-15(17,18)11-22-20(10-13-8-4-5-9-19-13)14(21)12-6-2-1-3-7-12/h1-3,6-7,13,19H,4-5,8-11H2. The Balaban J connectivity index is 2.04. The topological polar surface area (TPSA) is 41.6 Å². The molecule has 7 heteroatoms. The highest BCUT2D eigenvalue weighted by Crippen LogP contribution is 2.18. The Morgan fingerprint density at radius 2 is 2.00 bits per heavy atom. The quantitative estimate of drug-likeness (QED) is 0.849. The maximum atomic E-state index is 12.4. The Bertz CT molecular complexity index is 473. The maximum Gasteiger partial charge on any atom is 0.414 e. The number of nitrogens with one attached hydrogen (secondary N) is 1. The summed E-state index contributed by atoms with van der Waals surface area (Å²) in [6.07, 6.45) is -1.64. The van der Waals surface area contributed by atoms with Gasteiger partial charge in [0, 0.05) is 11.6 Å². The van der Waals surface area contributed by atoms with Gasteiger partial charge in [-0.05, 0) is 31.5 Å². The number of piperidine rings is 1. The molecule has 1 atom stereocenters. The number of carbonyl (C=O) groups excluding carboxylic acids is 1. The van der Waals surface area contributed by atoms with Crippen LogP contribution in [-0.2, 0) is 4.84 Å². The van der Waals surface area contributed by atoms with Crippen molar-refractivity contribution in [2.24, 2.45) is 0 Å². The predicted octanol–water partition coefficient (Wildman–Crippen LogP) is 2.76. The summed E-state index contributed by atoms with van der Waals surface area (Å²) in [7, 11) is 0. The average Bonchev–Trinajstić information content (AvgIpc) is 2.52. The molecule has 2 rings (SSSR count). The lowest BCUT2D eigenvalue weighted by atomic mass is 10.0. The molecule has 1 fully saturated rings. The average molecular weight is 316 g/mol. The Morgan fingerprint density at radius 3 is 2.59 bits per heavy atom. The van der Waals surface area contributed by atoms with Gasteiger partial charge in [-0.3, -0.25) is 9.63 Å². The van der Waals surface area contributed by atoms with Gasteiger partial charge in [-0.25, -0.2) is 5.06 Å². The second-order valence-electron chi connectivity index (χ2n) is 5.27. The molecular formula is C15H19F3N2O2. The van der Waals surface area contributed by atoms with Gasteiger partial charge in [0.1, 0.15) is 0 Å². The first-order valence-corrected chi connectivity index (χ1v) is 7.26. The molecule has 1 aliphatic rings. The van der Waals surface area contributed by atoms with Gasteiger partial charge >= 0.3 is 6.18 Å². The molecule has 0 aromatic heterocycles. The molecule has 0 radical (unpaired) electrons. The SMILES string of the molecule is O=C(c1ccccc1)N(CC1CCCCN1)OCC(F)(F)F. The fourth-order valence-electron chi connectivity index (χ4n) is 2.35. The van der Waals surface area contributed by atoms with E-state index >= 15 is 0 Å². The second kappa shape index (κ2) is 7.60. The molecule has 0 bridgehead atoms. The molecule has 0 saturated carbocycles. The van der Waals surface area contributed by atoms with E-state index in [9.17, 15) is 18.0 Å². The molecule has 1 unspecified atom stereocenters. The van der Waals surface area contributed by atoms with Gasteiger partial charge in [-0.1, -0.05) is 24.6 Å². The van der Waals surface area contributed by atoms with Crippen LogP contribution in [0.2, 0.25) is 0 Å². The summed E-state index contributed by atoms with van der Waals surface area (Å²) in [4.78, 5) is 17.1. The summed E-state index contributed by atoms with van der Waals surface area (Å²) in [5, 5.41) is 4.02. The van der Waals surface area contributed by atoms with Crippen LogP contribution in [0.3, 0.4) is 0 Å². The van der Waals surface area contributed by atoms with Crippen LogP contribution < -0.4 is 5.32 Å². The van der Waals surface area contributed by atoms with E-state index in [4.69, 9.17) is 4.84 Å². The first kappa shape index (κ1) is 16.8. The molecule has 0 aliphatic carbocycles. The van der Waals surface area contributed by atoms with Gasteiger partial charge in [0.05, 0.1) is 6.54 Å². The van der Waals surface area contributed by atoms with Gasteiger partial charge in [0.25, 0.3) is 5.91 Å². The molecular weight excluding hydrogens is 297 g/mol. The Morgan fingerprint density at radius 1 is 1.27 bits per heavy atom. The Kier molecular flexibility index (Phi) is 5.79. The highest BCUT2D eigenvalue weighted by molar-refractivity contribution is 5.93. The summed E-state index contributed by atoms with van der Waals surface area (Å²) < 4.78 is 37.1. The van der Waals surface area contributed by atoms with E-state index in [2.05, 4.69) is 5.32 Å². The number of benzene rings is 1. The monoisotopic (exact) mass is 316 g/mol. The number of halogens is 3. The van der Waals surface area contributed by atoms with Crippen LogP contribution in [0.15, 0.2) is 30.3 Å². The molecule has 122 valence electrons. The fourth-order valence-corrected chi connectivity index (χ4v) is 2.35. The zero-order chi connectivity index (χ0) is 16.0. The summed E-state index contributed by atoms with van der Waals surface area (Å²) in [6, 6.07) is 8.12. The van der Waals surface area contributed by atoms with Crippen LogP contribution >= 0.6 is 0 Å². The van der Waals surface area contributed by atoms with E-state index in [0.717, 1.165) is 30.9 Å². The molecule has 1 heterocycles. The highest BCUT2D eigenvalue weighted by Gasteiger charge is 2.31. The third-order valence-corrected chi connectivity index (χ3v) is 3.43. The first-order chi connectivity index (χ1) is 10.5. The van der Waals surface area contributed by atoms with Gasteiger partial charge in [0.15, 0.2) is 6.61 Å². The van der Waals surface area contributed by atoms with Gasteiger partial charge in [-0.15, -0.1) is 0 Å². The summed E-state index contributed by atoms with van der Waals surface area (Å²) in [5.41, 5.74) is 0.306. The van der Waals surface area contributed by atoms with E-state index in [1.807, 2.05) is 0 Å².